The highest BCUT2D eigenvalue weighted by Gasteiger charge is 2.30. The van der Waals surface area contributed by atoms with Crippen molar-refractivity contribution >= 4 is 45.9 Å². The van der Waals surface area contributed by atoms with Crippen LogP contribution >= 0.6 is 22.9 Å². The van der Waals surface area contributed by atoms with Crippen LogP contribution < -0.4 is 5.32 Å². The van der Waals surface area contributed by atoms with Gasteiger partial charge in [-0.2, -0.15) is 0 Å². The van der Waals surface area contributed by atoms with Gasteiger partial charge in [-0.05, 0) is 51.0 Å². The van der Waals surface area contributed by atoms with Gasteiger partial charge in [0, 0.05) is 23.7 Å². The lowest BCUT2D eigenvalue weighted by molar-refractivity contribution is -0.121. The topological polar surface area (TPSA) is 88.6 Å². The summed E-state index contributed by atoms with van der Waals surface area (Å²) in [5.41, 5.74) is 1.07. The van der Waals surface area contributed by atoms with E-state index in [2.05, 4.69) is 10.3 Å². The van der Waals surface area contributed by atoms with E-state index in [1.807, 2.05) is 0 Å². The Morgan fingerprint density at radius 1 is 1.31 bits per heavy atom. The van der Waals surface area contributed by atoms with Gasteiger partial charge in [-0.3, -0.25) is 9.59 Å². The predicted octanol–water partition coefficient (Wildman–Crippen LogP) is 3.77. The molecule has 29 heavy (non-hydrogen) atoms. The zero-order chi connectivity index (χ0) is 21.0. The summed E-state index contributed by atoms with van der Waals surface area (Å²) < 4.78 is 5.00. The summed E-state index contributed by atoms with van der Waals surface area (Å²) in [6.07, 6.45) is 1.42. The fraction of sp³-hybridized carbons (Fsp3) is 0.400. The van der Waals surface area contributed by atoms with Crippen molar-refractivity contribution in [1.29, 1.82) is 0 Å². The molecular formula is C20H22ClN3O4S. The first-order chi connectivity index (χ1) is 13.9. The number of likely N-dealkylation sites (tertiary alicyclic amines) is 1. The summed E-state index contributed by atoms with van der Waals surface area (Å²) in [5, 5.41) is 3.71. The van der Waals surface area contributed by atoms with Gasteiger partial charge in [-0.15, -0.1) is 0 Å². The number of nitrogens with one attached hydrogen (secondary N) is 1. The second-order valence-corrected chi connectivity index (χ2v) is 8.18. The maximum Gasteiger partial charge on any atom is 0.350 e. The molecule has 0 spiro atoms. The molecule has 0 saturated carbocycles. The molecule has 1 fully saturated rings. The lowest BCUT2D eigenvalue weighted by Crippen LogP contribution is -2.43. The largest absolute Gasteiger partial charge is 0.462 e. The zero-order valence-corrected chi connectivity index (χ0v) is 17.8. The summed E-state index contributed by atoms with van der Waals surface area (Å²) in [7, 11) is 0. The predicted molar refractivity (Wildman–Crippen MR) is 112 cm³/mol. The Bertz CT molecular complexity index is 913. The molecule has 1 N–H and O–H groups in total. The molecule has 0 radical (unpaired) electrons. The first-order valence-corrected chi connectivity index (χ1v) is 10.6. The van der Waals surface area contributed by atoms with Gasteiger partial charge in [-0.25, -0.2) is 9.78 Å². The average Bonchev–Trinajstić information content (AvgIpc) is 3.08. The number of esters is 1. The SMILES string of the molecule is CCOC(=O)c1sc(NC(=O)[C@@H]2CCCN(C(=O)c3ccc(Cl)cc3)C2)nc1C. The molecule has 9 heteroatoms. The Labute approximate surface area is 178 Å². The Hall–Kier alpha value is -2.45. The van der Waals surface area contributed by atoms with Crippen molar-refractivity contribution in [1.82, 2.24) is 9.88 Å². The summed E-state index contributed by atoms with van der Waals surface area (Å²) >= 11 is 6.98. The second-order valence-electron chi connectivity index (χ2n) is 6.74. The average molecular weight is 436 g/mol. The van der Waals surface area contributed by atoms with Gasteiger partial charge in [0.05, 0.1) is 18.2 Å². The third kappa shape index (κ3) is 5.13. The van der Waals surface area contributed by atoms with Crippen molar-refractivity contribution in [2.24, 2.45) is 5.92 Å². The maximum atomic E-state index is 12.7. The molecule has 154 valence electrons. The summed E-state index contributed by atoms with van der Waals surface area (Å²) in [4.78, 5) is 43.7. The van der Waals surface area contributed by atoms with Crippen molar-refractivity contribution in [3.05, 3.63) is 45.4 Å². The minimum atomic E-state index is -0.444. The van der Waals surface area contributed by atoms with E-state index in [1.165, 1.54) is 0 Å². The number of hydrogen-bond donors (Lipinski definition) is 1. The molecule has 1 aliphatic heterocycles. The molecule has 3 rings (SSSR count). The summed E-state index contributed by atoms with van der Waals surface area (Å²) in [5.74, 6) is -1.10. The molecule has 2 amide bonds. The molecule has 0 aliphatic carbocycles. The van der Waals surface area contributed by atoms with E-state index < -0.39 is 5.97 Å². The highest BCUT2D eigenvalue weighted by Crippen LogP contribution is 2.26. The Morgan fingerprint density at radius 2 is 2.03 bits per heavy atom. The fourth-order valence-corrected chi connectivity index (χ4v) is 4.18. The number of carbonyl (C=O) groups is 3. The van der Waals surface area contributed by atoms with Gasteiger partial charge in [0.15, 0.2) is 5.13 Å². The Kier molecular flexibility index (Phi) is 6.87. The van der Waals surface area contributed by atoms with Crippen molar-refractivity contribution < 1.29 is 19.1 Å². The highest BCUT2D eigenvalue weighted by atomic mass is 35.5. The third-order valence-electron chi connectivity index (χ3n) is 4.66. The number of rotatable bonds is 5. The molecule has 1 atom stereocenters. The van der Waals surface area contributed by atoms with Crippen molar-refractivity contribution in [2.45, 2.75) is 26.7 Å². The molecule has 1 aromatic heterocycles. The van der Waals surface area contributed by atoms with E-state index in [4.69, 9.17) is 16.3 Å². The van der Waals surface area contributed by atoms with Crippen LogP contribution in [-0.2, 0) is 9.53 Å². The minimum absolute atomic E-state index is 0.117. The van der Waals surface area contributed by atoms with Crippen LogP contribution in [0.5, 0.6) is 0 Å². The minimum Gasteiger partial charge on any atom is -0.462 e. The standard InChI is InChI=1S/C20H22ClN3O4S/c1-3-28-19(27)16-12(2)22-20(29-16)23-17(25)14-5-4-10-24(11-14)18(26)13-6-8-15(21)9-7-13/h6-9,14H,3-5,10-11H2,1-2H3,(H,22,23,25)/t14-/m1/s1. The number of nitrogens with zero attached hydrogens (tertiary/aromatic N) is 2. The number of ether oxygens (including phenoxy) is 1. The second kappa shape index (κ2) is 9.37. The molecule has 2 aromatic rings. The van der Waals surface area contributed by atoms with Gasteiger partial charge in [0.2, 0.25) is 5.91 Å². The lowest BCUT2D eigenvalue weighted by atomic mass is 9.96. The monoisotopic (exact) mass is 435 g/mol. The van der Waals surface area contributed by atoms with Crippen LogP contribution in [0.3, 0.4) is 0 Å². The van der Waals surface area contributed by atoms with Crippen LogP contribution in [0.25, 0.3) is 0 Å². The van der Waals surface area contributed by atoms with Gasteiger partial charge in [-0.1, -0.05) is 22.9 Å². The van der Waals surface area contributed by atoms with E-state index in [0.717, 1.165) is 17.8 Å². The number of benzene rings is 1. The number of amides is 2. The number of halogens is 1. The van der Waals surface area contributed by atoms with Gasteiger partial charge >= 0.3 is 5.97 Å². The van der Waals surface area contributed by atoms with Crippen molar-refractivity contribution in [3.8, 4) is 0 Å². The van der Waals surface area contributed by atoms with E-state index in [-0.39, 0.29) is 24.3 Å². The van der Waals surface area contributed by atoms with Crippen molar-refractivity contribution in [3.63, 3.8) is 0 Å². The van der Waals surface area contributed by atoms with Crippen LogP contribution in [0.4, 0.5) is 5.13 Å². The number of aromatic nitrogens is 1. The zero-order valence-electron chi connectivity index (χ0n) is 16.2. The molecule has 2 heterocycles. The van der Waals surface area contributed by atoms with Crippen LogP contribution in [0.15, 0.2) is 24.3 Å². The number of piperidine rings is 1. The first kappa shape index (κ1) is 21.3. The van der Waals surface area contributed by atoms with Gasteiger partial charge in [0.25, 0.3) is 5.91 Å². The quantitative estimate of drug-likeness (QED) is 0.722. The normalized spacial score (nSPS) is 16.4. The van der Waals surface area contributed by atoms with Gasteiger partial charge < -0.3 is 15.0 Å². The Morgan fingerprint density at radius 3 is 2.72 bits per heavy atom. The summed E-state index contributed by atoms with van der Waals surface area (Å²) in [6, 6.07) is 6.72. The lowest BCUT2D eigenvalue weighted by Gasteiger charge is -2.32. The van der Waals surface area contributed by atoms with Crippen LogP contribution in [0.1, 0.15) is 45.5 Å². The van der Waals surface area contributed by atoms with Crippen LogP contribution in [0, 0.1) is 12.8 Å². The number of carbonyl (C=O) groups excluding carboxylic acids is 3. The van der Waals surface area contributed by atoms with E-state index >= 15 is 0 Å². The molecular weight excluding hydrogens is 414 g/mol. The van der Waals surface area contributed by atoms with Gasteiger partial charge in [0.1, 0.15) is 4.88 Å². The number of aryl methyl sites for hydroxylation is 1. The van der Waals surface area contributed by atoms with Crippen LogP contribution in [-0.4, -0.2) is 47.4 Å². The third-order valence-corrected chi connectivity index (χ3v) is 5.96. The molecule has 1 saturated heterocycles. The van der Waals surface area contributed by atoms with Crippen LogP contribution in [0.2, 0.25) is 5.02 Å². The molecule has 0 bridgehead atoms. The number of anilines is 1. The Balaban J connectivity index is 1.64. The summed E-state index contributed by atoms with van der Waals surface area (Å²) in [6.45, 7) is 4.65. The van der Waals surface area contributed by atoms with Crippen molar-refractivity contribution in [2.75, 3.05) is 25.0 Å². The molecule has 1 aromatic carbocycles. The smallest absolute Gasteiger partial charge is 0.350 e. The first-order valence-electron chi connectivity index (χ1n) is 9.39. The molecule has 0 unspecified atom stereocenters. The maximum absolute atomic E-state index is 12.7. The number of hydrogen-bond acceptors (Lipinski definition) is 6. The number of thiazole rings is 1. The molecule has 7 nitrogen and oxygen atoms in total. The van der Waals surface area contributed by atoms with E-state index in [0.29, 0.717) is 45.8 Å². The highest BCUT2D eigenvalue weighted by molar-refractivity contribution is 7.17. The molecule has 1 aliphatic rings. The van der Waals surface area contributed by atoms with E-state index in [1.54, 1.807) is 43.0 Å². The van der Waals surface area contributed by atoms with E-state index in [9.17, 15) is 14.4 Å². The fourth-order valence-electron chi connectivity index (χ4n) is 3.19.